The number of amides is 1. The van der Waals surface area contributed by atoms with E-state index in [1.54, 1.807) is 0 Å². The zero-order valence-electron chi connectivity index (χ0n) is 8.35. The number of fused-ring (bicyclic) bond motifs is 2. The van der Waals surface area contributed by atoms with Crippen LogP contribution in [0, 0.1) is 0 Å². The maximum absolute atomic E-state index is 11.7. The summed E-state index contributed by atoms with van der Waals surface area (Å²) in [6.07, 6.45) is 4.33. The molecule has 4 heteroatoms. The molecule has 2 aliphatic rings. The van der Waals surface area contributed by atoms with Crippen molar-refractivity contribution in [2.24, 2.45) is 5.73 Å². The second-order valence-corrected chi connectivity index (χ2v) is 4.39. The lowest BCUT2D eigenvalue weighted by molar-refractivity contribution is -0.136. The smallest absolute Gasteiger partial charge is 0.225 e. The number of aliphatic hydroxyl groups is 1. The third-order valence-corrected chi connectivity index (χ3v) is 3.38. The van der Waals surface area contributed by atoms with E-state index in [1.807, 2.05) is 4.90 Å². The van der Waals surface area contributed by atoms with Gasteiger partial charge < -0.3 is 15.7 Å². The van der Waals surface area contributed by atoms with Crippen molar-refractivity contribution in [3.8, 4) is 0 Å². The van der Waals surface area contributed by atoms with Crippen LogP contribution >= 0.6 is 0 Å². The van der Waals surface area contributed by atoms with Crippen LogP contribution in [0.25, 0.3) is 0 Å². The maximum Gasteiger partial charge on any atom is 0.225 e. The Bertz CT molecular complexity index is 218. The summed E-state index contributed by atoms with van der Waals surface area (Å²) in [5, 5.41) is 8.74. The fourth-order valence-electron chi connectivity index (χ4n) is 2.85. The Kier molecular flexibility index (Phi) is 2.74. The van der Waals surface area contributed by atoms with Crippen molar-refractivity contribution in [1.82, 2.24) is 4.90 Å². The minimum absolute atomic E-state index is 0.0408. The highest BCUT2D eigenvalue weighted by molar-refractivity contribution is 5.77. The Hall–Kier alpha value is -0.610. The first kappa shape index (κ1) is 9.93. The summed E-state index contributed by atoms with van der Waals surface area (Å²) >= 11 is 0. The molecule has 2 rings (SSSR count). The lowest BCUT2D eigenvalue weighted by atomic mass is 9.98. The van der Waals surface area contributed by atoms with Crippen LogP contribution in [0.2, 0.25) is 0 Å². The Morgan fingerprint density at radius 2 is 1.93 bits per heavy atom. The van der Waals surface area contributed by atoms with Crippen molar-refractivity contribution in [2.75, 3.05) is 6.61 Å². The molecule has 2 saturated heterocycles. The number of nitrogens with zero attached hydrogens (tertiary/aromatic N) is 1. The van der Waals surface area contributed by atoms with Crippen LogP contribution < -0.4 is 5.73 Å². The van der Waals surface area contributed by atoms with E-state index >= 15 is 0 Å². The topological polar surface area (TPSA) is 66.6 Å². The van der Waals surface area contributed by atoms with Gasteiger partial charge in [-0.15, -0.1) is 0 Å². The first-order valence-electron chi connectivity index (χ1n) is 5.40. The van der Waals surface area contributed by atoms with Crippen LogP contribution in [0.4, 0.5) is 0 Å². The molecule has 14 heavy (non-hydrogen) atoms. The van der Waals surface area contributed by atoms with Crippen LogP contribution in [0.5, 0.6) is 0 Å². The van der Waals surface area contributed by atoms with Gasteiger partial charge in [-0.25, -0.2) is 0 Å². The highest BCUT2D eigenvalue weighted by Crippen LogP contribution is 2.35. The molecule has 0 aromatic carbocycles. The van der Waals surface area contributed by atoms with Gasteiger partial charge in [0.2, 0.25) is 5.91 Å². The maximum atomic E-state index is 11.7. The molecule has 3 N–H and O–H groups in total. The lowest BCUT2D eigenvalue weighted by Crippen LogP contribution is -2.50. The molecule has 80 valence electrons. The van der Waals surface area contributed by atoms with Gasteiger partial charge in [-0.1, -0.05) is 0 Å². The molecule has 4 nitrogen and oxygen atoms in total. The average molecular weight is 198 g/mol. The minimum atomic E-state index is -0.0408. The lowest BCUT2D eigenvalue weighted by Gasteiger charge is -2.37. The van der Waals surface area contributed by atoms with Crippen molar-refractivity contribution in [2.45, 2.75) is 50.2 Å². The number of rotatable bonds is 2. The number of carbonyl (C=O) groups is 1. The van der Waals surface area contributed by atoms with Gasteiger partial charge in [0.15, 0.2) is 0 Å². The predicted octanol–water partition coefficient (Wildman–Crippen LogP) is -0.151. The molecule has 2 fully saturated rings. The van der Waals surface area contributed by atoms with E-state index < -0.39 is 0 Å². The van der Waals surface area contributed by atoms with Gasteiger partial charge in [-0.3, -0.25) is 4.79 Å². The Morgan fingerprint density at radius 3 is 2.43 bits per heavy atom. The molecule has 0 aromatic rings. The van der Waals surface area contributed by atoms with Crippen molar-refractivity contribution < 1.29 is 9.90 Å². The average Bonchev–Trinajstić information content (AvgIpc) is 2.39. The summed E-state index contributed by atoms with van der Waals surface area (Å²) < 4.78 is 0. The SMILES string of the molecule is NC1C[C@H]2CC[C@@H](C1)N2C(=O)CCO. The Morgan fingerprint density at radius 1 is 1.36 bits per heavy atom. The minimum Gasteiger partial charge on any atom is -0.396 e. The fraction of sp³-hybridized carbons (Fsp3) is 0.900. The van der Waals surface area contributed by atoms with Gasteiger partial charge in [-0.2, -0.15) is 0 Å². The Labute approximate surface area is 84.1 Å². The molecule has 2 bridgehead atoms. The van der Waals surface area contributed by atoms with E-state index in [9.17, 15) is 4.79 Å². The molecular formula is C10H18N2O2. The third-order valence-electron chi connectivity index (χ3n) is 3.38. The number of piperidine rings is 1. The number of hydrogen-bond acceptors (Lipinski definition) is 3. The van der Waals surface area contributed by atoms with Crippen molar-refractivity contribution in [3.63, 3.8) is 0 Å². The van der Waals surface area contributed by atoms with Gasteiger partial charge in [0, 0.05) is 24.5 Å². The molecule has 2 aliphatic heterocycles. The van der Waals surface area contributed by atoms with Crippen molar-refractivity contribution in [3.05, 3.63) is 0 Å². The van der Waals surface area contributed by atoms with Crippen molar-refractivity contribution in [1.29, 1.82) is 0 Å². The van der Waals surface area contributed by atoms with Crippen LogP contribution in [0.1, 0.15) is 32.1 Å². The molecular weight excluding hydrogens is 180 g/mol. The standard InChI is InChI=1S/C10H18N2O2/c11-7-5-8-1-2-9(6-7)12(8)10(14)3-4-13/h7-9,13H,1-6,11H2/t7?,8-,9+. The second kappa shape index (κ2) is 3.87. The molecule has 0 spiro atoms. The molecule has 3 atom stereocenters. The summed E-state index contributed by atoms with van der Waals surface area (Å²) in [6.45, 7) is -0.0408. The highest BCUT2D eigenvalue weighted by Gasteiger charge is 2.41. The molecule has 0 saturated carbocycles. The van der Waals surface area contributed by atoms with E-state index in [1.165, 1.54) is 0 Å². The summed E-state index contributed by atoms with van der Waals surface area (Å²) in [5.41, 5.74) is 5.90. The molecule has 2 heterocycles. The Balaban J connectivity index is 2.03. The zero-order valence-corrected chi connectivity index (χ0v) is 8.35. The van der Waals surface area contributed by atoms with Crippen LogP contribution in [-0.4, -0.2) is 40.6 Å². The first-order chi connectivity index (χ1) is 6.72. The monoisotopic (exact) mass is 198 g/mol. The molecule has 0 radical (unpaired) electrons. The number of nitrogens with two attached hydrogens (primary N) is 1. The summed E-state index contributed by atoms with van der Waals surface area (Å²) in [6, 6.07) is 0.969. The van der Waals surface area contributed by atoms with E-state index in [0.717, 1.165) is 25.7 Å². The van der Waals surface area contributed by atoms with Gasteiger partial charge in [0.25, 0.3) is 0 Å². The number of aliphatic hydroxyl groups excluding tert-OH is 1. The van der Waals surface area contributed by atoms with Gasteiger partial charge in [0.05, 0.1) is 6.61 Å². The third kappa shape index (κ3) is 1.64. The van der Waals surface area contributed by atoms with E-state index in [0.29, 0.717) is 12.1 Å². The van der Waals surface area contributed by atoms with E-state index in [4.69, 9.17) is 10.8 Å². The number of carbonyl (C=O) groups excluding carboxylic acids is 1. The van der Waals surface area contributed by atoms with Gasteiger partial charge in [-0.05, 0) is 25.7 Å². The summed E-state index contributed by atoms with van der Waals surface area (Å²) in [5.74, 6) is 0.104. The fourth-order valence-corrected chi connectivity index (χ4v) is 2.85. The first-order valence-corrected chi connectivity index (χ1v) is 5.40. The zero-order chi connectivity index (χ0) is 10.1. The van der Waals surface area contributed by atoms with E-state index in [2.05, 4.69) is 0 Å². The van der Waals surface area contributed by atoms with Gasteiger partial charge >= 0.3 is 0 Å². The second-order valence-electron chi connectivity index (χ2n) is 4.39. The van der Waals surface area contributed by atoms with Crippen LogP contribution in [-0.2, 0) is 4.79 Å². The number of hydrogen-bond donors (Lipinski definition) is 2. The quantitative estimate of drug-likeness (QED) is 0.648. The normalized spacial score (nSPS) is 36.1. The largest absolute Gasteiger partial charge is 0.396 e. The predicted molar refractivity (Wildman–Crippen MR) is 52.6 cm³/mol. The summed E-state index contributed by atoms with van der Waals surface area (Å²) in [7, 11) is 0. The van der Waals surface area contributed by atoms with Crippen LogP contribution in [0.3, 0.4) is 0 Å². The molecule has 0 aromatic heterocycles. The van der Waals surface area contributed by atoms with Crippen molar-refractivity contribution >= 4 is 5.91 Å². The van der Waals surface area contributed by atoms with Gasteiger partial charge in [0.1, 0.15) is 0 Å². The summed E-state index contributed by atoms with van der Waals surface area (Å²) in [4.78, 5) is 13.7. The highest BCUT2D eigenvalue weighted by atomic mass is 16.3. The molecule has 1 unspecified atom stereocenters. The van der Waals surface area contributed by atoms with Crippen LogP contribution in [0.15, 0.2) is 0 Å². The molecule has 0 aliphatic carbocycles. The molecule has 1 amide bonds. The van der Waals surface area contributed by atoms with E-state index in [-0.39, 0.29) is 25.0 Å².